The summed E-state index contributed by atoms with van der Waals surface area (Å²) in [4.78, 5) is 24.6. The van der Waals surface area contributed by atoms with Crippen molar-refractivity contribution < 1.29 is 19.1 Å². The minimum Gasteiger partial charge on any atom is -0.481 e. The average molecular weight is 269 g/mol. The van der Waals surface area contributed by atoms with Gasteiger partial charge >= 0.3 is 5.97 Å². The number of carbonyl (C=O) groups excluding carboxylic acids is 1. The zero-order valence-electron chi connectivity index (χ0n) is 10.1. The first kappa shape index (κ1) is 13.0. The van der Waals surface area contributed by atoms with Crippen LogP contribution < -0.4 is 0 Å². The second-order valence-corrected chi connectivity index (χ2v) is 5.04. The molecule has 1 aliphatic heterocycles. The molecule has 1 saturated heterocycles. The van der Waals surface area contributed by atoms with Crippen molar-refractivity contribution in [3.63, 3.8) is 0 Å². The van der Waals surface area contributed by atoms with Gasteiger partial charge in [-0.1, -0.05) is 11.8 Å². The summed E-state index contributed by atoms with van der Waals surface area (Å²) in [6.07, 6.45) is 2.90. The first-order valence-corrected chi connectivity index (χ1v) is 7.00. The summed E-state index contributed by atoms with van der Waals surface area (Å²) >= 11 is 1.44. The Hall–Kier alpha value is -1.43. The molecule has 1 amide bonds. The fourth-order valence-electron chi connectivity index (χ4n) is 2.03. The lowest BCUT2D eigenvalue weighted by Gasteiger charge is -2.29. The van der Waals surface area contributed by atoms with E-state index in [0.29, 0.717) is 36.8 Å². The quantitative estimate of drug-likeness (QED) is 0.849. The second kappa shape index (κ2) is 5.48. The number of carboxylic acids is 1. The predicted octanol–water partition coefficient (Wildman–Crippen LogP) is 1.94. The van der Waals surface area contributed by atoms with Crippen molar-refractivity contribution in [3.8, 4) is 0 Å². The number of furan rings is 1. The van der Waals surface area contributed by atoms with Crippen LogP contribution >= 0.6 is 11.8 Å². The fraction of sp³-hybridized carbons (Fsp3) is 0.500. The number of carboxylic acid groups (broad SMARTS) is 1. The lowest BCUT2D eigenvalue weighted by Crippen LogP contribution is -2.40. The SMILES string of the molecule is CSc1ccc(C(=O)N2CCC(C(=O)O)CC2)o1. The molecule has 98 valence electrons. The van der Waals surface area contributed by atoms with Gasteiger partial charge in [0.25, 0.3) is 5.91 Å². The van der Waals surface area contributed by atoms with Gasteiger partial charge in [-0.2, -0.15) is 0 Å². The van der Waals surface area contributed by atoms with Crippen molar-refractivity contribution in [3.05, 3.63) is 17.9 Å². The number of aliphatic carboxylic acids is 1. The molecular formula is C12H15NO4S. The van der Waals surface area contributed by atoms with Crippen LogP contribution in [0.1, 0.15) is 23.4 Å². The highest BCUT2D eigenvalue weighted by Crippen LogP contribution is 2.22. The van der Waals surface area contributed by atoms with Crippen LogP contribution in [0, 0.1) is 5.92 Å². The molecule has 1 N–H and O–H groups in total. The van der Waals surface area contributed by atoms with Gasteiger partial charge in [0.15, 0.2) is 10.9 Å². The van der Waals surface area contributed by atoms with Crippen LogP contribution in [0.2, 0.25) is 0 Å². The monoisotopic (exact) mass is 269 g/mol. The van der Waals surface area contributed by atoms with Crippen LogP contribution in [0.25, 0.3) is 0 Å². The van der Waals surface area contributed by atoms with E-state index in [1.165, 1.54) is 11.8 Å². The fourth-order valence-corrected chi connectivity index (χ4v) is 2.41. The maximum absolute atomic E-state index is 12.1. The molecule has 1 aromatic rings. The van der Waals surface area contributed by atoms with Crippen LogP contribution in [0.3, 0.4) is 0 Å². The molecule has 1 fully saturated rings. The molecule has 0 radical (unpaired) electrons. The Morgan fingerprint density at radius 2 is 2.06 bits per heavy atom. The van der Waals surface area contributed by atoms with Gasteiger partial charge in [-0.25, -0.2) is 0 Å². The summed E-state index contributed by atoms with van der Waals surface area (Å²) in [5.41, 5.74) is 0. The maximum atomic E-state index is 12.1. The van der Waals surface area contributed by atoms with Crippen LogP contribution in [0.4, 0.5) is 0 Å². The molecule has 0 bridgehead atoms. The van der Waals surface area contributed by atoms with Crippen molar-refractivity contribution in [2.75, 3.05) is 19.3 Å². The van der Waals surface area contributed by atoms with E-state index in [9.17, 15) is 9.59 Å². The van der Waals surface area contributed by atoms with Gasteiger partial charge in [-0.3, -0.25) is 9.59 Å². The zero-order chi connectivity index (χ0) is 13.1. The Morgan fingerprint density at radius 3 is 2.56 bits per heavy atom. The summed E-state index contributed by atoms with van der Waals surface area (Å²) in [7, 11) is 0. The summed E-state index contributed by atoms with van der Waals surface area (Å²) in [6, 6.07) is 3.43. The molecule has 0 aliphatic carbocycles. The highest BCUT2D eigenvalue weighted by Gasteiger charge is 2.28. The van der Waals surface area contributed by atoms with Crippen molar-refractivity contribution in [1.82, 2.24) is 4.90 Å². The summed E-state index contributed by atoms with van der Waals surface area (Å²) in [5.74, 6) is -0.926. The number of carbonyl (C=O) groups is 2. The maximum Gasteiger partial charge on any atom is 0.306 e. The van der Waals surface area contributed by atoms with Gasteiger partial charge in [0.1, 0.15) is 0 Å². The Balaban J connectivity index is 1.97. The molecule has 6 heteroatoms. The van der Waals surface area contributed by atoms with Gasteiger partial charge in [0.2, 0.25) is 0 Å². The number of nitrogens with zero attached hydrogens (tertiary/aromatic N) is 1. The Kier molecular flexibility index (Phi) is 3.96. The predicted molar refractivity (Wildman–Crippen MR) is 66.8 cm³/mol. The summed E-state index contributed by atoms with van der Waals surface area (Å²) in [6.45, 7) is 0.955. The first-order chi connectivity index (χ1) is 8.61. The molecule has 5 nitrogen and oxygen atoms in total. The standard InChI is InChI=1S/C12H15NO4S/c1-18-10-3-2-9(17-10)11(14)13-6-4-8(5-7-13)12(15)16/h2-3,8H,4-7H2,1H3,(H,15,16). The van der Waals surface area contributed by atoms with Crippen molar-refractivity contribution in [2.45, 2.75) is 17.9 Å². The number of amides is 1. The van der Waals surface area contributed by atoms with E-state index < -0.39 is 5.97 Å². The molecule has 0 atom stereocenters. The lowest BCUT2D eigenvalue weighted by atomic mass is 9.97. The molecule has 0 spiro atoms. The molecular weight excluding hydrogens is 254 g/mol. The molecule has 0 saturated carbocycles. The normalized spacial score (nSPS) is 16.8. The van der Waals surface area contributed by atoms with Crippen molar-refractivity contribution in [1.29, 1.82) is 0 Å². The second-order valence-electron chi connectivity index (χ2n) is 4.23. The van der Waals surface area contributed by atoms with Crippen LogP contribution in [-0.2, 0) is 4.79 Å². The van der Waals surface area contributed by atoms with Gasteiger partial charge in [-0.05, 0) is 31.2 Å². The summed E-state index contributed by atoms with van der Waals surface area (Å²) in [5, 5.41) is 9.60. The Bertz CT molecular complexity index is 449. The third-order valence-electron chi connectivity index (χ3n) is 3.12. The summed E-state index contributed by atoms with van der Waals surface area (Å²) < 4.78 is 5.38. The molecule has 1 aliphatic rings. The van der Waals surface area contributed by atoms with Crippen molar-refractivity contribution in [2.24, 2.45) is 5.92 Å². The van der Waals surface area contributed by atoms with Crippen LogP contribution in [-0.4, -0.2) is 41.2 Å². The van der Waals surface area contributed by atoms with E-state index in [4.69, 9.17) is 9.52 Å². The lowest BCUT2D eigenvalue weighted by molar-refractivity contribution is -0.143. The number of hydrogen-bond donors (Lipinski definition) is 1. The topological polar surface area (TPSA) is 70.8 Å². The van der Waals surface area contributed by atoms with Crippen LogP contribution in [0.15, 0.2) is 21.6 Å². The Morgan fingerprint density at radius 1 is 1.39 bits per heavy atom. The zero-order valence-corrected chi connectivity index (χ0v) is 10.9. The number of rotatable bonds is 3. The van der Waals surface area contributed by atoms with Gasteiger partial charge in [-0.15, -0.1) is 0 Å². The van der Waals surface area contributed by atoms with E-state index in [1.54, 1.807) is 17.0 Å². The third kappa shape index (κ3) is 2.69. The molecule has 18 heavy (non-hydrogen) atoms. The Labute approximate surface area is 109 Å². The van der Waals surface area contributed by atoms with Gasteiger partial charge < -0.3 is 14.4 Å². The van der Waals surface area contributed by atoms with E-state index in [0.717, 1.165) is 0 Å². The molecule has 2 heterocycles. The van der Waals surface area contributed by atoms with Crippen LogP contribution in [0.5, 0.6) is 0 Å². The van der Waals surface area contributed by atoms with Gasteiger partial charge in [0.05, 0.1) is 5.92 Å². The number of thioether (sulfide) groups is 1. The third-order valence-corrected chi connectivity index (χ3v) is 3.75. The van der Waals surface area contributed by atoms with E-state index in [2.05, 4.69) is 0 Å². The van der Waals surface area contributed by atoms with E-state index in [-0.39, 0.29) is 11.8 Å². The number of likely N-dealkylation sites (tertiary alicyclic amines) is 1. The first-order valence-electron chi connectivity index (χ1n) is 5.77. The largest absolute Gasteiger partial charge is 0.481 e. The minimum absolute atomic E-state index is 0.154. The molecule has 0 unspecified atom stereocenters. The van der Waals surface area contributed by atoms with E-state index in [1.807, 2.05) is 6.26 Å². The molecule has 2 rings (SSSR count). The number of hydrogen-bond acceptors (Lipinski definition) is 4. The van der Waals surface area contributed by atoms with Crippen molar-refractivity contribution >= 4 is 23.6 Å². The average Bonchev–Trinajstić information content (AvgIpc) is 2.86. The number of piperidine rings is 1. The molecule has 0 aromatic carbocycles. The van der Waals surface area contributed by atoms with E-state index >= 15 is 0 Å². The van der Waals surface area contributed by atoms with Gasteiger partial charge in [0, 0.05) is 13.1 Å². The highest BCUT2D eigenvalue weighted by atomic mass is 32.2. The smallest absolute Gasteiger partial charge is 0.306 e. The minimum atomic E-state index is -0.773. The molecule has 1 aromatic heterocycles. The highest BCUT2D eigenvalue weighted by molar-refractivity contribution is 7.98.